The Morgan fingerprint density at radius 1 is 1.31 bits per heavy atom. The summed E-state index contributed by atoms with van der Waals surface area (Å²) in [6.07, 6.45) is 0.320. The Kier molecular flexibility index (Phi) is 7.54. The van der Waals surface area contributed by atoms with E-state index in [1.54, 1.807) is 26.0 Å². The van der Waals surface area contributed by atoms with Crippen molar-refractivity contribution in [3.05, 3.63) is 0 Å². The second-order valence-corrected chi connectivity index (χ2v) is 3.61. The summed E-state index contributed by atoms with van der Waals surface area (Å²) < 4.78 is 9.70. The average molecular weight is 231 g/mol. The van der Waals surface area contributed by atoms with E-state index in [4.69, 9.17) is 9.47 Å². The van der Waals surface area contributed by atoms with Crippen LogP contribution in [-0.4, -0.2) is 50.2 Å². The van der Waals surface area contributed by atoms with Crippen molar-refractivity contribution in [1.82, 2.24) is 4.90 Å². The number of nitrogens with zero attached hydrogens (tertiary/aromatic N) is 1. The largest absolute Gasteiger partial charge is 0.466 e. The van der Waals surface area contributed by atoms with Crippen LogP contribution in [0.15, 0.2) is 0 Å². The Morgan fingerprint density at radius 2 is 1.94 bits per heavy atom. The molecule has 0 aliphatic rings. The van der Waals surface area contributed by atoms with Crippen LogP contribution in [0.3, 0.4) is 0 Å². The maximum atomic E-state index is 11.6. The lowest BCUT2D eigenvalue weighted by Crippen LogP contribution is -2.37. The van der Waals surface area contributed by atoms with Crippen LogP contribution in [-0.2, 0) is 19.1 Å². The van der Waals surface area contributed by atoms with Crippen molar-refractivity contribution >= 4 is 11.9 Å². The first-order valence-electron chi connectivity index (χ1n) is 5.43. The topological polar surface area (TPSA) is 55.8 Å². The molecule has 0 heterocycles. The number of esters is 1. The van der Waals surface area contributed by atoms with Crippen molar-refractivity contribution in [2.24, 2.45) is 0 Å². The van der Waals surface area contributed by atoms with E-state index in [2.05, 4.69) is 0 Å². The molecule has 0 N–H and O–H groups in total. The van der Waals surface area contributed by atoms with Gasteiger partial charge >= 0.3 is 5.97 Å². The van der Waals surface area contributed by atoms with Gasteiger partial charge in [0.15, 0.2) is 0 Å². The van der Waals surface area contributed by atoms with E-state index < -0.39 is 0 Å². The van der Waals surface area contributed by atoms with Crippen LogP contribution in [0.5, 0.6) is 0 Å². The highest BCUT2D eigenvalue weighted by molar-refractivity contribution is 5.81. The number of ether oxygens (including phenoxy) is 2. The fourth-order valence-electron chi connectivity index (χ4n) is 1.22. The van der Waals surface area contributed by atoms with Gasteiger partial charge < -0.3 is 14.4 Å². The number of amides is 1. The van der Waals surface area contributed by atoms with Gasteiger partial charge in [0.2, 0.25) is 5.91 Å². The van der Waals surface area contributed by atoms with Crippen LogP contribution in [0.25, 0.3) is 0 Å². The molecule has 1 atom stereocenters. The lowest BCUT2D eigenvalue weighted by molar-refractivity contribution is -0.146. The zero-order chi connectivity index (χ0) is 12.6. The molecular weight excluding hydrogens is 210 g/mol. The summed E-state index contributed by atoms with van der Waals surface area (Å²) in [6.45, 7) is 4.48. The third-order valence-electron chi connectivity index (χ3n) is 2.31. The molecule has 0 aromatic rings. The maximum Gasteiger partial charge on any atom is 0.306 e. The third-order valence-corrected chi connectivity index (χ3v) is 2.31. The average Bonchev–Trinajstić information content (AvgIpc) is 2.25. The predicted octanol–water partition coefficient (Wildman–Crippen LogP) is 0.823. The summed E-state index contributed by atoms with van der Waals surface area (Å²) in [5.74, 6) is -0.402. The fourth-order valence-corrected chi connectivity index (χ4v) is 1.22. The van der Waals surface area contributed by atoms with Crippen LogP contribution in [0.4, 0.5) is 0 Å². The van der Waals surface area contributed by atoms with Gasteiger partial charge in [-0.2, -0.15) is 0 Å². The second-order valence-electron chi connectivity index (χ2n) is 3.61. The van der Waals surface area contributed by atoms with E-state index >= 15 is 0 Å². The molecule has 0 radical (unpaired) electrons. The third kappa shape index (κ3) is 5.70. The van der Waals surface area contributed by atoms with Gasteiger partial charge in [-0.1, -0.05) is 0 Å². The summed E-state index contributed by atoms with van der Waals surface area (Å²) in [4.78, 5) is 24.3. The van der Waals surface area contributed by atoms with E-state index in [-0.39, 0.29) is 30.8 Å². The van der Waals surface area contributed by atoms with Gasteiger partial charge in [-0.15, -0.1) is 0 Å². The zero-order valence-corrected chi connectivity index (χ0v) is 10.5. The van der Waals surface area contributed by atoms with Gasteiger partial charge in [0, 0.05) is 20.6 Å². The number of rotatable bonds is 7. The fraction of sp³-hybridized carbons (Fsp3) is 0.818. The Hall–Kier alpha value is -1.10. The summed E-state index contributed by atoms with van der Waals surface area (Å²) in [5.41, 5.74) is 0. The monoisotopic (exact) mass is 231 g/mol. The highest BCUT2D eigenvalue weighted by atomic mass is 16.5. The SMILES string of the molecule is CCOC(=O)CCC(=O)N(C)C(C)COC. The van der Waals surface area contributed by atoms with E-state index in [1.807, 2.05) is 6.92 Å². The van der Waals surface area contributed by atoms with E-state index in [1.165, 1.54) is 0 Å². The van der Waals surface area contributed by atoms with Crippen LogP contribution in [0, 0.1) is 0 Å². The van der Waals surface area contributed by atoms with Crippen molar-refractivity contribution in [3.8, 4) is 0 Å². The first-order chi connectivity index (χ1) is 7.52. The Bertz CT molecular complexity index is 230. The smallest absolute Gasteiger partial charge is 0.306 e. The number of methoxy groups -OCH3 is 1. The predicted molar refractivity (Wildman–Crippen MR) is 60.0 cm³/mol. The number of likely N-dealkylation sites (N-methyl/N-ethyl adjacent to an activating group) is 1. The minimum absolute atomic E-state index is 0.0136. The molecule has 0 bridgehead atoms. The Balaban J connectivity index is 3.91. The minimum atomic E-state index is -0.330. The van der Waals surface area contributed by atoms with Gasteiger partial charge in [-0.3, -0.25) is 9.59 Å². The quantitative estimate of drug-likeness (QED) is 0.609. The van der Waals surface area contributed by atoms with Gasteiger partial charge in [0.05, 0.1) is 25.7 Å². The number of carbonyl (C=O) groups is 2. The first-order valence-corrected chi connectivity index (χ1v) is 5.43. The highest BCUT2D eigenvalue weighted by Crippen LogP contribution is 2.02. The standard InChI is InChI=1S/C11H21NO4/c1-5-16-11(14)7-6-10(13)12(3)9(2)8-15-4/h9H,5-8H2,1-4H3. The zero-order valence-electron chi connectivity index (χ0n) is 10.5. The van der Waals surface area contributed by atoms with Crippen molar-refractivity contribution in [1.29, 1.82) is 0 Å². The van der Waals surface area contributed by atoms with Crippen LogP contribution < -0.4 is 0 Å². The Morgan fingerprint density at radius 3 is 2.44 bits per heavy atom. The van der Waals surface area contributed by atoms with Gasteiger partial charge in [-0.25, -0.2) is 0 Å². The van der Waals surface area contributed by atoms with Gasteiger partial charge in [0.25, 0.3) is 0 Å². The van der Waals surface area contributed by atoms with E-state index in [9.17, 15) is 9.59 Å². The molecule has 5 nitrogen and oxygen atoms in total. The molecule has 94 valence electrons. The molecule has 0 aliphatic heterocycles. The normalized spacial score (nSPS) is 12.0. The summed E-state index contributed by atoms with van der Waals surface area (Å²) in [6, 6.07) is 0.0136. The van der Waals surface area contributed by atoms with E-state index in [0.29, 0.717) is 13.2 Å². The second kappa shape index (κ2) is 8.10. The van der Waals surface area contributed by atoms with Gasteiger partial charge in [-0.05, 0) is 13.8 Å². The first kappa shape index (κ1) is 14.9. The lowest BCUT2D eigenvalue weighted by Gasteiger charge is -2.24. The van der Waals surface area contributed by atoms with Crippen molar-refractivity contribution in [2.75, 3.05) is 27.4 Å². The Labute approximate surface area is 96.7 Å². The summed E-state index contributed by atoms with van der Waals surface area (Å²) in [5, 5.41) is 0. The number of carbonyl (C=O) groups excluding carboxylic acids is 2. The molecule has 1 amide bonds. The lowest BCUT2D eigenvalue weighted by atomic mass is 10.2. The molecule has 16 heavy (non-hydrogen) atoms. The summed E-state index contributed by atoms with van der Waals surface area (Å²) in [7, 11) is 3.30. The summed E-state index contributed by atoms with van der Waals surface area (Å²) >= 11 is 0. The molecule has 0 rings (SSSR count). The molecular formula is C11H21NO4. The highest BCUT2D eigenvalue weighted by Gasteiger charge is 2.16. The van der Waals surface area contributed by atoms with Crippen molar-refractivity contribution in [2.45, 2.75) is 32.7 Å². The number of hydrogen-bond acceptors (Lipinski definition) is 4. The molecule has 0 aromatic carbocycles. The molecule has 0 saturated heterocycles. The van der Waals surface area contributed by atoms with Crippen LogP contribution in [0.2, 0.25) is 0 Å². The molecule has 1 unspecified atom stereocenters. The minimum Gasteiger partial charge on any atom is -0.466 e. The molecule has 0 aliphatic carbocycles. The molecule has 0 saturated carbocycles. The van der Waals surface area contributed by atoms with Crippen molar-refractivity contribution in [3.63, 3.8) is 0 Å². The van der Waals surface area contributed by atoms with Crippen LogP contribution in [0.1, 0.15) is 26.7 Å². The van der Waals surface area contributed by atoms with E-state index in [0.717, 1.165) is 0 Å². The molecule has 5 heteroatoms. The molecule has 0 spiro atoms. The van der Waals surface area contributed by atoms with Crippen molar-refractivity contribution < 1.29 is 19.1 Å². The van der Waals surface area contributed by atoms with Crippen LogP contribution >= 0.6 is 0 Å². The molecule has 0 aromatic heterocycles. The molecule has 0 fully saturated rings. The maximum absolute atomic E-state index is 11.6. The van der Waals surface area contributed by atoms with Gasteiger partial charge in [0.1, 0.15) is 0 Å². The number of hydrogen-bond donors (Lipinski definition) is 0.